The molecule has 0 N–H and O–H groups in total. The molecule has 0 saturated carbocycles. The molecule has 3 aromatic rings. The molecule has 1 amide bonds. The third-order valence-corrected chi connectivity index (χ3v) is 4.47. The van der Waals surface area contributed by atoms with Crippen LogP contribution in [0.3, 0.4) is 0 Å². The zero-order chi connectivity index (χ0) is 17.4. The highest BCUT2D eigenvalue weighted by molar-refractivity contribution is 6.06. The van der Waals surface area contributed by atoms with E-state index in [1.165, 1.54) is 0 Å². The molecule has 1 fully saturated rings. The zero-order valence-corrected chi connectivity index (χ0v) is 14.4. The number of fused-ring (bicyclic) bond motifs is 1. The largest absolute Gasteiger partial charge is 0.378 e. The maximum Gasteiger partial charge on any atom is 0.254 e. The second-order valence-electron chi connectivity index (χ2n) is 6.25. The van der Waals surface area contributed by atoms with Crippen molar-refractivity contribution in [2.75, 3.05) is 26.3 Å². The van der Waals surface area contributed by atoms with Gasteiger partial charge in [-0.3, -0.25) is 4.79 Å². The number of carbonyl (C=O) groups is 1. The molecule has 0 atom stereocenters. The van der Waals surface area contributed by atoms with Crippen molar-refractivity contribution in [3.8, 4) is 5.69 Å². The van der Waals surface area contributed by atoms with Crippen LogP contribution in [-0.4, -0.2) is 51.9 Å². The van der Waals surface area contributed by atoms with Crippen LogP contribution in [0.4, 0.5) is 0 Å². The lowest BCUT2D eigenvalue weighted by atomic mass is 10.1. The summed E-state index contributed by atoms with van der Waals surface area (Å²) in [7, 11) is 0. The van der Waals surface area contributed by atoms with E-state index in [-0.39, 0.29) is 5.91 Å². The normalized spacial score (nSPS) is 14.9. The molecule has 1 aliphatic rings. The van der Waals surface area contributed by atoms with Crippen molar-refractivity contribution >= 4 is 16.9 Å². The molecule has 2 aromatic heterocycles. The van der Waals surface area contributed by atoms with E-state index in [2.05, 4.69) is 10.1 Å². The van der Waals surface area contributed by atoms with Gasteiger partial charge in [-0.15, -0.1) is 0 Å². The molecule has 0 unspecified atom stereocenters. The van der Waals surface area contributed by atoms with E-state index >= 15 is 0 Å². The molecule has 0 bridgehead atoms. The molecule has 6 heteroatoms. The van der Waals surface area contributed by atoms with Crippen LogP contribution in [0.5, 0.6) is 0 Å². The summed E-state index contributed by atoms with van der Waals surface area (Å²) in [6, 6.07) is 11.7. The highest BCUT2D eigenvalue weighted by Gasteiger charge is 2.24. The lowest BCUT2D eigenvalue weighted by Gasteiger charge is -2.27. The van der Waals surface area contributed by atoms with Crippen molar-refractivity contribution in [3.63, 3.8) is 0 Å². The van der Waals surface area contributed by atoms with Gasteiger partial charge in [0.2, 0.25) is 0 Å². The quantitative estimate of drug-likeness (QED) is 0.721. The van der Waals surface area contributed by atoms with Crippen molar-refractivity contribution in [1.29, 1.82) is 0 Å². The molecule has 1 saturated heterocycles. The Kier molecular flexibility index (Phi) is 3.97. The van der Waals surface area contributed by atoms with Crippen LogP contribution in [0.25, 0.3) is 16.7 Å². The predicted octanol–water partition coefficient (Wildman–Crippen LogP) is 2.51. The van der Waals surface area contributed by atoms with Gasteiger partial charge in [-0.25, -0.2) is 9.67 Å². The molecule has 0 aliphatic carbocycles. The Bertz CT molecular complexity index is 927. The summed E-state index contributed by atoms with van der Waals surface area (Å²) < 4.78 is 7.17. The summed E-state index contributed by atoms with van der Waals surface area (Å²) in [5.74, 6) is 0.0227. The number of pyridine rings is 1. The number of benzene rings is 1. The first-order chi connectivity index (χ1) is 12.1. The maximum absolute atomic E-state index is 13.1. The second-order valence-corrected chi connectivity index (χ2v) is 6.25. The molecule has 4 rings (SSSR count). The first-order valence-electron chi connectivity index (χ1n) is 8.44. The van der Waals surface area contributed by atoms with Crippen molar-refractivity contribution in [2.45, 2.75) is 13.8 Å². The van der Waals surface area contributed by atoms with Gasteiger partial charge in [0.05, 0.1) is 35.5 Å². The first kappa shape index (κ1) is 15.8. The van der Waals surface area contributed by atoms with Gasteiger partial charge in [0.25, 0.3) is 5.91 Å². The number of morpholine rings is 1. The number of nitrogens with zero attached hydrogens (tertiary/aromatic N) is 4. The summed E-state index contributed by atoms with van der Waals surface area (Å²) in [4.78, 5) is 19.6. The van der Waals surface area contributed by atoms with Crippen LogP contribution in [0.2, 0.25) is 0 Å². The number of aromatic nitrogens is 3. The topological polar surface area (TPSA) is 60.3 Å². The summed E-state index contributed by atoms with van der Waals surface area (Å²) in [6.07, 6.45) is 0. The molecule has 6 nitrogen and oxygen atoms in total. The summed E-state index contributed by atoms with van der Waals surface area (Å²) in [5.41, 5.74) is 3.94. The van der Waals surface area contributed by atoms with Crippen LogP contribution in [-0.2, 0) is 4.74 Å². The van der Waals surface area contributed by atoms with Crippen molar-refractivity contribution in [1.82, 2.24) is 19.7 Å². The molecule has 128 valence electrons. The molecule has 1 aromatic carbocycles. The minimum atomic E-state index is 0.0227. The fraction of sp³-hybridized carbons (Fsp3) is 0.316. The maximum atomic E-state index is 13.1. The van der Waals surface area contributed by atoms with E-state index in [0.717, 1.165) is 28.1 Å². The summed E-state index contributed by atoms with van der Waals surface area (Å²) in [5, 5.41) is 5.47. The van der Waals surface area contributed by atoms with Gasteiger partial charge in [-0.1, -0.05) is 18.2 Å². The molecule has 25 heavy (non-hydrogen) atoms. The number of para-hydroxylation sites is 1. The van der Waals surface area contributed by atoms with Gasteiger partial charge in [0, 0.05) is 18.8 Å². The van der Waals surface area contributed by atoms with Crippen LogP contribution in [0.1, 0.15) is 21.7 Å². The van der Waals surface area contributed by atoms with E-state index in [9.17, 15) is 4.79 Å². The van der Waals surface area contributed by atoms with E-state index < -0.39 is 0 Å². The average molecular weight is 336 g/mol. The number of aryl methyl sites for hydroxylation is 2. The van der Waals surface area contributed by atoms with Crippen LogP contribution >= 0.6 is 0 Å². The average Bonchev–Trinajstić information content (AvgIpc) is 2.98. The summed E-state index contributed by atoms with van der Waals surface area (Å²) in [6.45, 7) is 6.24. The van der Waals surface area contributed by atoms with E-state index in [0.29, 0.717) is 31.9 Å². The third kappa shape index (κ3) is 2.78. The highest BCUT2D eigenvalue weighted by atomic mass is 16.5. The SMILES string of the molecule is Cc1cc(C(=O)N2CCOCC2)c2c(C)nn(-c3ccccc3)c2n1. The zero-order valence-electron chi connectivity index (χ0n) is 14.4. The Hall–Kier alpha value is -2.73. The second kappa shape index (κ2) is 6.29. The van der Waals surface area contributed by atoms with Crippen molar-refractivity contribution < 1.29 is 9.53 Å². The lowest BCUT2D eigenvalue weighted by molar-refractivity contribution is 0.0304. The first-order valence-corrected chi connectivity index (χ1v) is 8.44. The standard InChI is InChI=1S/C19H20N4O2/c1-13-12-16(19(24)22-8-10-25-11-9-22)17-14(2)21-23(18(17)20-13)15-6-4-3-5-7-15/h3-7,12H,8-11H2,1-2H3. The highest BCUT2D eigenvalue weighted by Crippen LogP contribution is 2.26. The van der Waals surface area contributed by atoms with E-state index in [1.54, 1.807) is 0 Å². The molecular formula is C19H20N4O2. The number of carbonyl (C=O) groups excluding carboxylic acids is 1. The van der Waals surface area contributed by atoms with Gasteiger partial charge < -0.3 is 9.64 Å². The Morgan fingerprint density at radius 2 is 1.84 bits per heavy atom. The van der Waals surface area contributed by atoms with Crippen LogP contribution < -0.4 is 0 Å². The fourth-order valence-electron chi connectivity index (χ4n) is 3.27. The number of amides is 1. The smallest absolute Gasteiger partial charge is 0.254 e. The lowest BCUT2D eigenvalue weighted by Crippen LogP contribution is -2.40. The summed E-state index contributed by atoms with van der Waals surface area (Å²) >= 11 is 0. The van der Waals surface area contributed by atoms with Crippen molar-refractivity contribution in [3.05, 3.63) is 53.3 Å². The Morgan fingerprint density at radius 3 is 2.56 bits per heavy atom. The van der Waals surface area contributed by atoms with Gasteiger partial charge in [-0.2, -0.15) is 5.10 Å². The van der Waals surface area contributed by atoms with Crippen LogP contribution in [0.15, 0.2) is 36.4 Å². The Morgan fingerprint density at radius 1 is 1.12 bits per heavy atom. The number of hydrogen-bond donors (Lipinski definition) is 0. The van der Waals surface area contributed by atoms with Crippen LogP contribution in [0, 0.1) is 13.8 Å². The molecule has 3 heterocycles. The molecular weight excluding hydrogens is 316 g/mol. The fourth-order valence-corrected chi connectivity index (χ4v) is 3.27. The van der Waals surface area contributed by atoms with Crippen molar-refractivity contribution in [2.24, 2.45) is 0 Å². The number of rotatable bonds is 2. The van der Waals surface area contributed by atoms with Gasteiger partial charge >= 0.3 is 0 Å². The Labute approximate surface area is 146 Å². The minimum Gasteiger partial charge on any atom is -0.378 e. The molecule has 0 spiro atoms. The number of ether oxygens (including phenoxy) is 1. The van der Waals surface area contributed by atoms with E-state index in [4.69, 9.17) is 4.74 Å². The molecule has 0 radical (unpaired) electrons. The van der Waals surface area contributed by atoms with Gasteiger partial charge in [-0.05, 0) is 32.0 Å². The Balaban J connectivity index is 1.88. The molecule has 1 aliphatic heterocycles. The third-order valence-electron chi connectivity index (χ3n) is 4.47. The minimum absolute atomic E-state index is 0.0227. The monoisotopic (exact) mass is 336 g/mol. The van der Waals surface area contributed by atoms with Gasteiger partial charge in [0.15, 0.2) is 5.65 Å². The predicted molar refractivity (Wildman–Crippen MR) is 95.1 cm³/mol. The van der Waals surface area contributed by atoms with Gasteiger partial charge in [0.1, 0.15) is 0 Å². The number of hydrogen-bond acceptors (Lipinski definition) is 4. The van der Waals surface area contributed by atoms with E-state index in [1.807, 2.05) is 59.8 Å².